The molecular formula is C27H29F4N3O3. The SMILES string of the molecule is CCOc1cc(C)ncc1-c1ccc(CC(=O)Nc2cc(OCCN(C)C)cc(C(F)(F)F)c2)c(F)c1. The van der Waals surface area contributed by atoms with E-state index in [-0.39, 0.29) is 30.0 Å². The molecular weight excluding hydrogens is 490 g/mol. The third kappa shape index (κ3) is 7.91. The van der Waals surface area contributed by atoms with E-state index >= 15 is 0 Å². The standard InChI is InChI=1S/C27H29F4N3O3/c1-5-36-25-10-17(2)32-16-23(25)18-6-7-19(24(28)11-18)12-26(35)33-21-13-20(27(29,30)31)14-22(15-21)37-9-8-34(3)4/h6-7,10-11,13-16H,5,8-9,12H2,1-4H3,(H,33,35). The number of likely N-dealkylation sites (N-methyl/N-ethyl adjacent to an activating group) is 1. The van der Waals surface area contributed by atoms with Crippen molar-refractivity contribution in [3.63, 3.8) is 0 Å². The van der Waals surface area contributed by atoms with Crippen molar-refractivity contribution in [2.45, 2.75) is 26.4 Å². The predicted molar refractivity (Wildman–Crippen MR) is 133 cm³/mol. The fourth-order valence-corrected chi connectivity index (χ4v) is 3.53. The number of hydrogen-bond acceptors (Lipinski definition) is 5. The van der Waals surface area contributed by atoms with Crippen LogP contribution in [0.25, 0.3) is 11.1 Å². The zero-order valence-electron chi connectivity index (χ0n) is 21.1. The molecule has 0 saturated heterocycles. The zero-order chi connectivity index (χ0) is 27.2. The van der Waals surface area contributed by atoms with E-state index in [4.69, 9.17) is 9.47 Å². The Morgan fingerprint density at radius 1 is 1.08 bits per heavy atom. The fourth-order valence-electron chi connectivity index (χ4n) is 3.53. The quantitative estimate of drug-likeness (QED) is 0.347. The first-order valence-electron chi connectivity index (χ1n) is 11.6. The van der Waals surface area contributed by atoms with Crippen molar-refractivity contribution in [3.05, 3.63) is 71.3 Å². The smallest absolute Gasteiger partial charge is 0.416 e. The topological polar surface area (TPSA) is 63.7 Å². The number of nitrogens with zero attached hydrogens (tertiary/aromatic N) is 2. The van der Waals surface area contributed by atoms with Gasteiger partial charge in [-0.15, -0.1) is 0 Å². The van der Waals surface area contributed by atoms with Gasteiger partial charge < -0.3 is 19.7 Å². The van der Waals surface area contributed by atoms with E-state index in [1.165, 1.54) is 18.2 Å². The molecule has 0 aliphatic rings. The largest absolute Gasteiger partial charge is 0.493 e. The molecule has 0 fully saturated rings. The number of halogens is 4. The summed E-state index contributed by atoms with van der Waals surface area (Å²) in [4.78, 5) is 18.7. The lowest BCUT2D eigenvalue weighted by Crippen LogP contribution is -2.20. The molecule has 0 radical (unpaired) electrons. The van der Waals surface area contributed by atoms with Crippen molar-refractivity contribution < 1.29 is 31.8 Å². The number of ether oxygens (including phenoxy) is 2. The lowest BCUT2D eigenvalue weighted by molar-refractivity contribution is -0.137. The number of aryl methyl sites for hydroxylation is 1. The van der Waals surface area contributed by atoms with Gasteiger partial charge in [0, 0.05) is 41.8 Å². The van der Waals surface area contributed by atoms with Crippen molar-refractivity contribution in [2.75, 3.05) is 39.2 Å². The van der Waals surface area contributed by atoms with E-state index in [0.717, 1.165) is 17.8 Å². The van der Waals surface area contributed by atoms with Gasteiger partial charge in [-0.25, -0.2) is 4.39 Å². The molecule has 198 valence electrons. The summed E-state index contributed by atoms with van der Waals surface area (Å²) >= 11 is 0. The van der Waals surface area contributed by atoms with E-state index in [2.05, 4.69) is 10.3 Å². The molecule has 3 rings (SSSR count). The number of amides is 1. The molecule has 0 spiro atoms. The minimum Gasteiger partial charge on any atom is -0.493 e. The van der Waals surface area contributed by atoms with Crippen LogP contribution in [0.2, 0.25) is 0 Å². The van der Waals surface area contributed by atoms with Gasteiger partial charge >= 0.3 is 6.18 Å². The molecule has 1 aromatic heterocycles. The molecule has 1 N–H and O–H groups in total. The van der Waals surface area contributed by atoms with Gasteiger partial charge in [-0.2, -0.15) is 13.2 Å². The van der Waals surface area contributed by atoms with Gasteiger partial charge in [0.15, 0.2) is 0 Å². The number of anilines is 1. The van der Waals surface area contributed by atoms with Crippen LogP contribution in [0.5, 0.6) is 11.5 Å². The van der Waals surface area contributed by atoms with Crippen molar-refractivity contribution in [3.8, 4) is 22.6 Å². The molecule has 6 nitrogen and oxygen atoms in total. The maximum Gasteiger partial charge on any atom is 0.416 e. The molecule has 0 aliphatic carbocycles. The zero-order valence-corrected chi connectivity index (χ0v) is 21.1. The monoisotopic (exact) mass is 519 g/mol. The van der Waals surface area contributed by atoms with Crippen LogP contribution in [0.1, 0.15) is 23.7 Å². The molecule has 1 heterocycles. The van der Waals surface area contributed by atoms with Gasteiger partial charge in [0.1, 0.15) is 23.9 Å². The highest BCUT2D eigenvalue weighted by Gasteiger charge is 2.31. The van der Waals surface area contributed by atoms with Crippen LogP contribution in [0.4, 0.5) is 23.2 Å². The number of pyridine rings is 1. The van der Waals surface area contributed by atoms with Crippen LogP contribution in [0.3, 0.4) is 0 Å². The molecule has 3 aromatic rings. The third-order valence-corrected chi connectivity index (χ3v) is 5.34. The highest BCUT2D eigenvalue weighted by Crippen LogP contribution is 2.35. The summed E-state index contributed by atoms with van der Waals surface area (Å²) in [6, 6.07) is 9.13. The first-order valence-corrected chi connectivity index (χ1v) is 11.6. The number of nitrogens with one attached hydrogen (secondary N) is 1. The van der Waals surface area contributed by atoms with Crippen LogP contribution in [-0.4, -0.2) is 49.6 Å². The first-order chi connectivity index (χ1) is 17.5. The van der Waals surface area contributed by atoms with Crippen LogP contribution >= 0.6 is 0 Å². The highest BCUT2D eigenvalue weighted by atomic mass is 19.4. The number of carbonyl (C=O) groups excluding carboxylic acids is 1. The number of hydrogen-bond donors (Lipinski definition) is 1. The summed E-state index contributed by atoms with van der Waals surface area (Å²) in [5, 5.41) is 2.42. The molecule has 0 saturated carbocycles. The summed E-state index contributed by atoms with van der Waals surface area (Å²) in [5.74, 6) is -0.767. The van der Waals surface area contributed by atoms with E-state index in [1.807, 2.05) is 32.8 Å². The number of benzene rings is 2. The second-order valence-corrected chi connectivity index (χ2v) is 8.68. The average molecular weight is 520 g/mol. The summed E-state index contributed by atoms with van der Waals surface area (Å²) in [6.45, 7) is 4.75. The Bertz CT molecular complexity index is 1250. The molecule has 10 heteroatoms. The normalized spacial score (nSPS) is 11.5. The summed E-state index contributed by atoms with van der Waals surface area (Å²) in [5.41, 5.74) is 0.917. The molecule has 0 bridgehead atoms. The van der Waals surface area contributed by atoms with Crippen LogP contribution in [-0.2, 0) is 17.4 Å². The lowest BCUT2D eigenvalue weighted by atomic mass is 10.0. The van der Waals surface area contributed by atoms with Gasteiger partial charge in [0.25, 0.3) is 0 Å². The lowest BCUT2D eigenvalue weighted by Gasteiger charge is -2.15. The first kappa shape index (κ1) is 27.9. The molecule has 37 heavy (non-hydrogen) atoms. The number of rotatable bonds is 10. The van der Waals surface area contributed by atoms with Gasteiger partial charge in [0.05, 0.1) is 18.6 Å². The number of alkyl halides is 3. The molecule has 2 aromatic carbocycles. The average Bonchev–Trinajstić information content (AvgIpc) is 2.80. The van der Waals surface area contributed by atoms with Crippen molar-refractivity contribution in [1.29, 1.82) is 0 Å². The molecule has 1 amide bonds. The van der Waals surface area contributed by atoms with Crippen molar-refractivity contribution in [2.24, 2.45) is 0 Å². The summed E-state index contributed by atoms with van der Waals surface area (Å²) in [6.07, 6.45) is -3.41. The predicted octanol–water partition coefficient (Wildman–Crippen LogP) is 5.74. The fraction of sp³-hybridized carbons (Fsp3) is 0.333. The number of carbonyl (C=O) groups is 1. The van der Waals surface area contributed by atoms with Crippen LogP contribution < -0.4 is 14.8 Å². The Balaban J connectivity index is 1.77. The Kier molecular flexibility index (Phi) is 9.09. The van der Waals surface area contributed by atoms with Gasteiger partial charge in [0.2, 0.25) is 5.91 Å². The molecule has 0 atom stereocenters. The van der Waals surface area contributed by atoms with Crippen molar-refractivity contribution >= 4 is 11.6 Å². The van der Waals surface area contributed by atoms with Crippen molar-refractivity contribution in [1.82, 2.24) is 9.88 Å². The molecule has 0 aliphatic heterocycles. The Morgan fingerprint density at radius 2 is 1.84 bits per heavy atom. The minimum absolute atomic E-state index is 0.0284. The van der Waals surface area contributed by atoms with Gasteiger partial charge in [-0.3, -0.25) is 9.78 Å². The summed E-state index contributed by atoms with van der Waals surface area (Å²) < 4.78 is 66.1. The highest BCUT2D eigenvalue weighted by molar-refractivity contribution is 5.92. The van der Waals surface area contributed by atoms with Crippen LogP contribution in [0, 0.1) is 12.7 Å². The van der Waals surface area contributed by atoms with E-state index in [0.29, 0.717) is 30.0 Å². The van der Waals surface area contributed by atoms with E-state index in [9.17, 15) is 22.4 Å². The summed E-state index contributed by atoms with van der Waals surface area (Å²) in [7, 11) is 3.62. The Morgan fingerprint density at radius 3 is 2.49 bits per heavy atom. The molecule has 0 unspecified atom stereocenters. The van der Waals surface area contributed by atoms with Gasteiger partial charge in [-0.05, 0) is 57.3 Å². The number of aromatic nitrogens is 1. The third-order valence-electron chi connectivity index (χ3n) is 5.34. The second kappa shape index (κ2) is 12.1. The maximum atomic E-state index is 14.9. The second-order valence-electron chi connectivity index (χ2n) is 8.68. The van der Waals surface area contributed by atoms with Gasteiger partial charge in [-0.1, -0.05) is 12.1 Å². The van der Waals surface area contributed by atoms with Crippen LogP contribution in [0.15, 0.2) is 48.7 Å². The maximum absolute atomic E-state index is 14.9. The van der Waals surface area contributed by atoms with E-state index in [1.54, 1.807) is 18.3 Å². The van der Waals surface area contributed by atoms with E-state index < -0.39 is 23.5 Å². The Hall–Kier alpha value is -3.66. The Labute approximate surface area is 213 Å². The minimum atomic E-state index is -4.63.